The number of aryl methyl sites for hydroxylation is 1. The Hall–Kier alpha value is -2.80. The Morgan fingerprint density at radius 3 is 2.73 bits per heavy atom. The van der Waals surface area contributed by atoms with Gasteiger partial charge in [0, 0.05) is 24.1 Å². The summed E-state index contributed by atoms with van der Waals surface area (Å²) in [4.78, 5) is 12.5. The van der Waals surface area contributed by atoms with Gasteiger partial charge in [0.15, 0.2) is 0 Å². The van der Waals surface area contributed by atoms with Gasteiger partial charge in [-0.2, -0.15) is 5.26 Å². The maximum atomic E-state index is 12.5. The van der Waals surface area contributed by atoms with Gasteiger partial charge in [0.25, 0.3) is 5.91 Å². The van der Waals surface area contributed by atoms with Crippen LogP contribution in [-0.2, 0) is 4.79 Å². The lowest BCUT2D eigenvalue weighted by atomic mass is 9.95. The highest BCUT2D eigenvalue weighted by atomic mass is 16.1. The number of hydrogen-bond acceptors (Lipinski definition) is 2. The van der Waals surface area contributed by atoms with E-state index in [1.165, 1.54) is 32.1 Å². The van der Waals surface area contributed by atoms with Crippen molar-refractivity contribution in [2.45, 2.75) is 52.0 Å². The predicted octanol–water partition coefficient (Wildman–Crippen LogP) is 5.16. The number of carbonyl (C=O) groups is 1. The number of aromatic nitrogens is 1. The van der Waals surface area contributed by atoms with Gasteiger partial charge in [-0.05, 0) is 61.6 Å². The highest BCUT2D eigenvalue weighted by molar-refractivity contribution is 6.10. The Kier molecular flexibility index (Phi) is 5.58. The summed E-state index contributed by atoms with van der Waals surface area (Å²) in [6, 6.07) is 10.3. The number of nitrogens with one attached hydrogen (secondary N) is 1. The highest BCUT2D eigenvalue weighted by Gasteiger charge is 2.15. The van der Waals surface area contributed by atoms with Crippen LogP contribution in [-0.4, -0.2) is 10.5 Å². The maximum absolute atomic E-state index is 12.5. The molecule has 1 amide bonds. The summed E-state index contributed by atoms with van der Waals surface area (Å²) in [6.45, 7) is 3.96. The monoisotopic (exact) mass is 347 g/mol. The summed E-state index contributed by atoms with van der Waals surface area (Å²) in [5, 5.41) is 12.3. The summed E-state index contributed by atoms with van der Waals surface area (Å²) >= 11 is 0. The van der Waals surface area contributed by atoms with Crippen molar-refractivity contribution >= 4 is 17.7 Å². The van der Waals surface area contributed by atoms with Crippen LogP contribution in [0.2, 0.25) is 0 Å². The molecule has 1 N–H and O–H groups in total. The first-order valence-electron chi connectivity index (χ1n) is 9.25. The molecule has 134 valence electrons. The van der Waals surface area contributed by atoms with Crippen molar-refractivity contribution in [1.29, 1.82) is 5.26 Å². The summed E-state index contributed by atoms with van der Waals surface area (Å²) < 4.78 is 2.22. The molecular formula is C22H25N3O. The molecule has 1 fully saturated rings. The molecule has 4 heteroatoms. The van der Waals surface area contributed by atoms with Crippen molar-refractivity contribution in [3.8, 4) is 6.07 Å². The topological polar surface area (TPSA) is 57.8 Å². The second kappa shape index (κ2) is 8.05. The van der Waals surface area contributed by atoms with Crippen LogP contribution in [0, 0.1) is 25.2 Å². The molecule has 2 aromatic rings. The van der Waals surface area contributed by atoms with Gasteiger partial charge in [0.05, 0.1) is 0 Å². The van der Waals surface area contributed by atoms with Crippen LogP contribution in [0.1, 0.15) is 54.8 Å². The molecule has 3 rings (SSSR count). The number of carbonyl (C=O) groups excluding carboxylic acids is 1. The van der Waals surface area contributed by atoms with Crippen LogP contribution in [0.5, 0.6) is 0 Å². The predicted molar refractivity (Wildman–Crippen MR) is 105 cm³/mol. The fourth-order valence-corrected chi connectivity index (χ4v) is 3.51. The van der Waals surface area contributed by atoms with E-state index in [2.05, 4.69) is 16.1 Å². The van der Waals surface area contributed by atoms with Gasteiger partial charge >= 0.3 is 0 Å². The van der Waals surface area contributed by atoms with Gasteiger partial charge in [-0.15, -0.1) is 0 Å². The van der Waals surface area contributed by atoms with Crippen LogP contribution >= 0.6 is 0 Å². The second-order valence-corrected chi connectivity index (χ2v) is 7.06. The maximum Gasteiger partial charge on any atom is 0.266 e. The molecule has 1 aromatic heterocycles. The average molecular weight is 347 g/mol. The van der Waals surface area contributed by atoms with Crippen molar-refractivity contribution < 1.29 is 4.79 Å². The molecule has 26 heavy (non-hydrogen) atoms. The van der Waals surface area contributed by atoms with Gasteiger partial charge in [0.2, 0.25) is 0 Å². The first-order valence-corrected chi connectivity index (χ1v) is 9.25. The van der Waals surface area contributed by atoms with E-state index in [9.17, 15) is 10.1 Å². The number of anilines is 1. The van der Waals surface area contributed by atoms with E-state index in [0.29, 0.717) is 6.04 Å². The molecule has 0 radical (unpaired) electrons. The first-order chi connectivity index (χ1) is 12.6. The Morgan fingerprint density at radius 2 is 2.00 bits per heavy atom. The minimum atomic E-state index is -0.369. The van der Waals surface area contributed by atoms with Gasteiger partial charge in [-0.3, -0.25) is 4.79 Å². The zero-order valence-electron chi connectivity index (χ0n) is 15.5. The number of benzene rings is 1. The molecule has 1 heterocycles. The van der Waals surface area contributed by atoms with E-state index in [0.717, 1.165) is 22.4 Å². The fraction of sp³-hybridized carbons (Fsp3) is 0.364. The lowest BCUT2D eigenvalue weighted by Gasteiger charge is -2.23. The van der Waals surface area contributed by atoms with Crippen molar-refractivity contribution in [3.63, 3.8) is 0 Å². The zero-order chi connectivity index (χ0) is 18.5. The highest BCUT2D eigenvalue weighted by Crippen LogP contribution is 2.28. The van der Waals surface area contributed by atoms with E-state index in [1.54, 1.807) is 6.08 Å². The van der Waals surface area contributed by atoms with Crippen LogP contribution < -0.4 is 5.32 Å². The molecule has 0 unspecified atom stereocenters. The third-order valence-electron chi connectivity index (χ3n) is 5.26. The van der Waals surface area contributed by atoms with Crippen molar-refractivity contribution in [2.24, 2.45) is 0 Å². The number of hydrogen-bond donors (Lipinski definition) is 1. The standard InChI is InChI=1S/C22H25N3O/c1-16-7-6-10-21(17(16)2)24-22(26)19(14-23)13-18-11-12-25(15-18)20-8-4-3-5-9-20/h6-7,10-13,15,20H,3-5,8-9H2,1-2H3,(H,24,26)/b19-13+. The molecule has 1 aliphatic rings. The number of nitriles is 1. The third-order valence-corrected chi connectivity index (χ3v) is 5.26. The van der Waals surface area contributed by atoms with E-state index in [4.69, 9.17) is 0 Å². The lowest BCUT2D eigenvalue weighted by Crippen LogP contribution is -2.14. The van der Waals surface area contributed by atoms with Gasteiger partial charge in [0.1, 0.15) is 11.6 Å². The molecule has 1 aromatic carbocycles. The molecule has 0 bridgehead atoms. The van der Waals surface area contributed by atoms with E-state index in [1.807, 2.05) is 50.4 Å². The van der Waals surface area contributed by atoms with Crippen molar-refractivity contribution in [3.05, 3.63) is 58.9 Å². The average Bonchev–Trinajstić information content (AvgIpc) is 3.13. The van der Waals surface area contributed by atoms with Crippen molar-refractivity contribution in [2.75, 3.05) is 5.32 Å². The summed E-state index contributed by atoms with van der Waals surface area (Å²) in [7, 11) is 0. The molecule has 1 saturated carbocycles. The lowest BCUT2D eigenvalue weighted by molar-refractivity contribution is -0.112. The van der Waals surface area contributed by atoms with Crippen molar-refractivity contribution in [1.82, 2.24) is 4.57 Å². The smallest absolute Gasteiger partial charge is 0.266 e. The SMILES string of the molecule is Cc1cccc(NC(=O)/C(C#N)=C/c2ccn(C3CCCCC3)c2)c1C. The second-order valence-electron chi connectivity index (χ2n) is 7.06. The normalized spacial score (nSPS) is 15.5. The summed E-state index contributed by atoms with van der Waals surface area (Å²) in [6.07, 6.45) is 12.0. The van der Waals surface area contributed by atoms with Crippen LogP contribution in [0.15, 0.2) is 42.2 Å². The van der Waals surface area contributed by atoms with E-state index >= 15 is 0 Å². The molecule has 0 atom stereocenters. The minimum absolute atomic E-state index is 0.118. The number of rotatable bonds is 4. The molecular weight excluding hydrogens is 322 g/mol. The molecule has 0 saturated heterocycles. The zero-order valence-corrected chi connectivity index (χ0v) is 15.5. The van der Waals surface area contributed by atoms with Crippen LogP contribution in [0.4, 0.5) is 5.69 Å². The number of nitrogens with zero attached hydrogens (tertiary/aromatic N) is 2. The fourth-order valence-electron chi connectivity index (χ4n) is 3.51. The Bertz CT molecular complexity index is 864. The first kappa shape index (κ1) is 18.0. The summed E-state index contributed by atoms with van der Waals surface area (Å²) in [5.74, 6) is -0.369. The Balaban J connectivity index is 1.75. The molecule has 1 aliphatic carbocycles. The molecule has 4 nitrogen and oxygen atoms in total. The summed E-state index contributed by atoms with van der Waals surface area (Å²) in [5.41, 5.74) is 3.88. The third kappa shape index (κ3) is 4.05. The molecule has 0 spiro atoms. The quantitative estimate of drug-likeness (QED) is 0.614. The Morgan fingerprint density at radius 1 is 1.23 bits per heavy atom. The van der Waals surface area contributed by atoms with Gasteiger partial charge in [-0.1, -0.05) is 31.4 Å². The molecule has 0 aliphatic heterocycles. The van der Waals surface area contributed by atoms with Crippen LogP contribution in [0.25, 0.3) is 6.08 Å². The minimum Gasteiger partial charge on any atom is -0.351 e. The van der Waals surface area contributed by atoms with E-state index < -0.39 is 0 Å². The largest absolute Gasteiger partial charge is 0.351 e. The number of amides is 1. The van der Waals surface area contributed by atoms with Crippen LogP contribution in [0.3, 0.4) is 0 Å². The Labute approximate surface area is 155 Å². The van der Waals surface area contributed by atoms with Gasteiger partial charge in [-0.25, -0.2) is 0 Å². The van der Waals surface area contributed by atoms with Gasteiger partial charge < -0.3 is 9.88 Å². The van der Waals surface area contributed by atoms with E-state index in [-0.39, 0.29) is 11.5 Å².